The molecule has 0 unspecified atom stereocenters. The maximum Gasteiger partial charge on any atom is 0.241 e. The van der Waals surface area contributed by atoms with Gasteiger partial charge in [-0.3, -0.25) is 4.79 Å². The number of carbonyl (C=O) groups is 1. The molecule has 0 heterocycles. The van der Waals surface area contributed by atoms with Crippen molar-refractivity contribution in [2.45, 2.75) is 26.8 Å². The largest absolute Gasteiger partial charge is 0.492 e. The Balaban J connectivity index is 0.00000324. The molecule has 0 radical (unpaired) electrons. The van der Waals surface area contributed by atoms with Crippen LogP contribution in [0.2, 0.25) is 5.02 Å². The van der Waals surface area contributed by atoms with Gasteiger partial charge in [0.15, 0.2) is 0 Å². The average Bonchev–Trinajstić information content (AvgIpc) is 2.31. The van der Waals surface area contributed by atoms with E-state index in [1.54, 1.807) is 18.2 Å². The number of nitrogens with two attached hydrogens (primary N) is 1. The number of halogens is 2. The zero-order valence-electron chi connectivity index (χ0n) is 11.3. The minimum atomic E-state index is -0.532. The van der Waals surface area contributed by atoms with Crippen LogP contribution in [0.3, 0.4) is 0 Å². The molecule has 0 aliphatic carbocycles. The van der Waals surface area contributed by atoms with Crippen LogP contribution in [0.4, 0.5) is 5.69 Å². The summed E-state index contributed by atoms with van der Waals surface area (Å²) in [5.41, 5.74) is 6.37. The summed E-state index contributed by atoms with van der Waals surface area (Å²) >= 11 is 6.03. The van der Waals surface area contributed by atoms with Crippen molar-refractivity contribution >= 4 is 35.6 Å². The van der Waals surface area contributed by atoms with Crippen LogP contribution in [0.15, 0.2) is 18.2 Å². The van der Waals surface area contributed by atoms with Crippen molar-refractivity contribution in [3.05, 3.63) is 23.2 Å². The molecule has 1 aromatic carbocycles. The third-order valence-corrected chi connectivity index (χ3v) is 2.82. The summed E-state index contributed by atoms with van der Waals surface area (Å²) in [6.45, 7) is 6.22. The molecule has 0 aliphatic heterocycles. The Morgan fingerprint density at radius 3 is 2.58 bits per heavy atom. The van der Waals surface area contributed by atoms with Crippen molar-refractivity contribution < 1.29 is 9.53 Å². The normalized spacial score (nSPS) is 11.7. The van der Waals surface area contributed by atoms with Crippen molar-refractivity contribution in [3.8, 4) is 5.75 Å². The van der Waals surface area contributed by atoms with Crippen LogP contribution in [-0.4, -0.2) is 18.6 Å². The number of benzene rings is 1. The molecule has 0 saturated carbocycles. The molecule has 1 atom stereocenters. The number of rotatable bonds is 5. The molecule has 108 valence electrons. The van der Waals surface area contributed by atoms with Crippen LogP contribution in [0, 0.1) is 5.92 Å². The summed E-state index contributed by atoms with van der Waals surface area (Å²) in [7, 11) is 0. The van der Waals surface area contributed by atoms with Crippen molar-refractivity contribution in [2.75, 3.05) is 11.9 Å². The first kappa shape index (κ1) is 18.0. The monoisotopic (exact) mass is 306 g/mol. The smallest absolute Gasteiger partial charge is 0.241 e. The summed E-state index contributed by atoms with van der Waals surface area (Å²) in [4.78, 5) is 11.8. The maximum atomic E-state index is 11.8. The van der Waals surface area contributed by atoms with Gasteiger partial charge < -0.3 is 15.8 Å². The molecule has 0 bridgehead atoms. The molecule has 0 spiro atoms. The van der Waals surface area contributed by atoms with E-state index in [-0.39, 0.29) is 24.2 Å². The van der Waals surface area contributed by atoms with E-state index in [2.05, 4.69) is 5.32 Å². The summed E-state index contributed by atoms with van der Waals surface area (Å²) in [6, 6.07) is 4.58. The predicted molar refractivity (Wildman–Crippen MR) is 81.3 cm³/mol. The summed E-state index contributed by atoms with van der Waals surface area (Å²) in [5.74, 6) is 0.471. The van der Waals surface area contributed by atoms with E-state index < -0.39 is 6.04 Å². The number of nitrogens with one attached hydrogen (secondary N) is 1. The van der Waals surface area contributed by atoms with Gasteiger partial charge in [-0.2, -0.15) is 0 Å². The van der Waals surface area contributed by atoms with E-state index >= 15 is 0 Å². The summed E-state index contributed by atoms with van der Waals surface area (Å²) in [5, 5.41) is 3.19. The van der Waals surface area contributed by atoms with E-state index in [4.69, 9.17) is 22.1 Å². The summed E-state index contributed by atoms with van der Waals surface area (Å²) in [6.07, 6.45) is 0. The Kier molecular flexibility index (Phi) is 7.83. The fraction of sp³-hybridized carbons (Fsp3) is 0.462. The van der Waals surface area contributed by atoms with Crippen LogP contribution >= 0.6 is 24.0 Å². The SMILES string of the molecule is CCOc1ccc(NC(=O)[C@H](N)C(C)C)cc1Cl.Cl. The van der Waals surface area contributed by atoms with Crippen molar-refractivity contribution in [2.24, 2.45) is 11.7 Å². The lowest BCUT2D eigenvalue weighted by molar-refractivity contribution is -0.118. The minimum Gasteiger partial charge on any atom is -0.492 e. The molecule has 1 rings (SSSR count). The second-order valence-electron chi connectivity index (χ2n) is 4.34. The Morgan fingerprint density at radius 1 is 1.47 bits per heavy atom. The van der Waals surface area contributed by atoms with Crippen LogP contribution in [-0.2, 0) is 4.79 Å². The minimum absolute atomic E-state index is 0. The number of hydrogen-bond donors (Lipinski definition) is 2. The zero-order chi connectivity index (χ0) is 13.7. The van der Waals surface area contributed by atoms with Crippen LogP contribution < -0.4 is 15.8 Å². The lowest BCUT2D eigenvalue weighted by Gasteiger charge is -2.16. The first-order chi connectivity index (χ1) is 8.45. The lowest BCUT2D eigenvalue weighted by Crippen LogP contribution is -2.39. The molecule has 1 amide bonds. The van der Waals surface area contributed by atoms with Crippen LogP contribution in [0.25, 0.3) is 0 Å². The molecule has 3 N–H and O–H groups in total. The molecular weight excluding hydrogens is 287 g/mol. The van der Waals surface area contributed by atoms with E-state index in [1.807, 2.05) is 20.8 Å². The zero-order valence-corrected chi connectivity index (χ0v) is 12.8. The molecule has 4 nitrogen and oxygen atoms in total. The Hall–Kier alpha value is -0.970. The number of anilines is 1. The molecule has 0 fully saturated rings. The fourth-order valence-corrected chi connectivity index (χ4v) is 1.61. The van der Waals surface area contributed by atoms with Gasteiger partial charge in [0.25, 0.3) is 0 Å². The topological polar surface area (TPSA) is 64.3 Å². The van der Waals surface area contributed by atoms with Gasteiger partial charge in [0.2, 0.25) is 5.91 Å². The van der Waals surface area contributed by atoms with Crippen molar-refractivity contribution in [3.63, 3.8) is 0 Å². The second-order valence-corrected chi connectivity index (χ2v) is 4.74. The number of hydrogen-bond acceptors (Lipinski definition) is 3. The standard InChI is InChI=1S/C13H19ClN2O2.ClH/c1-4-18-11-6-5-9(7-10(11)14)16-13(17)12(15)8(2)3;/h5-8,12H,4,15H2,1-3H3,(H,16,17);1H/t12-;/m1./s1. The van der Waals surface area contributed by atoms with Gasteiger partial charge in [-0.25, -0.2) is 0 Å². The number of amides is 1. The lowest BCUT2D eigenvalue weighted by atomic mass is 10.0. The third-order valence-electron chi connectivity index (χ3n) is 2.52. The van der Waals surface area contributed by atoms with E-state index in [0.717, 1.165) is 0 Å². The van der Waals surface area contributed by atoms with Crippen molar-refractivity contribution in [1.29, 1.82) is 0 Å². The predicted octanol–water partition coefficient (Wildman–Crippen LogP) is 3.08. The number of carbonyl (C=O) groups excluding carboxylic acids is 1. The first-order valence-corrected chi connectivity index (χ1v) is 6.32. The van der Waals surface area contributed by atoms with Gasteiger partial charge in [0.1, 0.15) is 5.75 Å². The highest BCUT2D eigenvalue weighted by molar-refractivity contribution is 6.32. The van der Waals surface area contributed by atoms with Gasteiger partial charge in [-0.1, -0.05) is 25.4 Å². The van der Waals surface area contributed by atoms with E-state index in [1.165, 1.54) is 0 Å². The first-order valence-electron chi connectivity index (χ1n) is 5.94. The van der Waals surface area contributed by atoms with Gasteiger partial charge in [-0.05, 0) is 31.0 Å². The van der Waals surface area contributed by atoms with Gasteiger partial charge in [0.05, 0.1) is 17.7 Å². The van der Waals surface area contributed by atoms with Gasteiger partial charge in [0, 0.05) is 5.69 Å². The maximum absolute atomic E-state index is 11.8. The van der Waals surface area contributed by atoms with E-state index in [0.29, 0.717) is 23.1 Å². The Morgan fingerprint density at radius 2 is 2.11 bits per heavy atom. The van der Waals surface area contributed by atoms with E-state index in [9.17, 15) is 4.79 Å². The average molecular weight is 307 g/mol. The second kappa shape index (κ2) is 8.25. The molecule has 6 heteroatoms. The molecule has 0 saturated heterocycles. The highest BCUT2D eigenvalue weighted by Gasteiger charge is 2.17. The van der Waals surface area contributed by atoms with Crippen LogP contribution in [0.1, 0.15) is 20.8 Å². The van der Waals surface area contributed by atoms with Gasteiger partial charge in [-0.15, -0.1) is 12.4 Å². The third kappa shape index (κ3) is 5.27. The van der Waals surface area contributed by atoms with Gasteiger partial charge >= 0.3 is 0 Å². The Labute approximate surface area is 125 Å². The van der Waals surface area contributed by atoms with Crippen LogP contribution in [0.5, 0.6) is 5.75 Å². The fourth-order valence-electron chi connectivity index (χ4n) is 1.38. The molecule has 0 aliphatic rings. The number of ether oxygens (including phenoxy) is 1. The quantitative estimate of drug-likeness (QED) is 0.878. The summed E-state index contributed by atoms with van der Waals surface area (Å²) < 4.78 is 5.31. The highest BCUT2D eigenvalue weighted by Crippen LogP contribution is 2.27. The molecule has 19 heavy (non-hydrogen) atoms. The highest BCUT2D eigenvalue weighted by atomic mass is 35.5. The van der Waals surface area contributed by atoms with Crippen molar-refractivity contribution in [1.82, 2.24) is 0 Å². The Bertz CT molecular complexity index is 425. The molecule has 0 aromatic heterocycles. The molecular formula is C13H20Cl2N2O2. The molecule has 1 aromatic rings.